The molecule has 0 N–H and O–H groups in total. The molecular formula is K4O12P4. The van der Waals surface area contributed by atoms with Crippen LogP contribution in [0.2, 0.25) is 0 Å². The summed E-state index contributed by atoms with van der Waals surface area (Å²) >= 11 is 0. The van der Waals surface area contributed by atoms with E-state index in [4.69, 9.17) is 0 Å². The molecule has 1 fully saturated rings. The summed E-state index contributed by atoms with van der Waals surface area (Å²) < 4.78 is 54.5. The van der Waals surface area contributed by atoms with Crippen LogP contribution in [0.15, 0.2) is 0 Å². The standard InChI is InChI=1S/4K.H4O12P4/c;;;;1-13(2)9-14(3,4)11-16(7,8)12-15(5,6)10-13/h;;;;(H,1,2)(H,3,4)(H,5,6)(H,7,8)/q4*+1;/p-4. The molecule has 0 unspecified atom stereocenters. The van der Waals surface area contributed by atoms with E-state index in [0.717, 1.165) is 0 Å². The Kier molecular flexibility index (Phi) is 23.2. The molecule has 0 aromatic rings. The monoisotopic (exact) mass is 472 g/mol. The summed E-state index contributed by atoms with van der Waals surface area (Å²) in [6.07, 6.45) is 0. The van der Waals surface area contributed by atoms with Crippen molar-refractivity contribution in [2.45, 2.75) is 0 Å². The Bertz CT molecular complexity index is 372. The zero-order chi connectivity index (χ0) is 12.8. The largest absolute Gasteiger partial charge is 1.00 e. The Morgan fingerprint density at radius 3 is 0.650 bits per heavy atom. The molecule has 0 spiro atoms. The van der Waals surface area contributed by atoms with Crippen molar-refractivity contribution in [3.63, 3.8) is 0 Å². The van der Waals surface area contributed by atoms with Gasteiger partial charge in [-0.05, 0) is 0 Å². The number of hydrogen-bond acceptors (Lipinski definition) is 12. The van der Waals surface area contributed by atoms with Crippen LogP contribution in [-0.2, 0) is 35.5 Å². The maximum Gasteiger partial charge on any atom is 1.00 e. The first-order valence-electron chi connectivity index (χ1n) is 2.92. The zero-order valence-corrected chi connectivity index (χ0v) is 26.8. The molecule has 12 nitrogen and oxygen atoms in total. The van der Waals surface area contributed by atoms with Crippen molar-refractivity contribution in [1.29, 1.82) is 0 Å². The van der Waals surface area contributed by atoms with Crippen LogP contribution in [0, 0.1) is 0 Å². The third kappa shape index (κ3) is 15.1. The van der Waals surface area contributed by atoms with Gasteiger partial charge in [0.05, 0.1) is 0 Å². The van der Waals surface area contributed by atoms with Gasteiger partial charge < -0.3 is 19.6 Å². The molecular weight excluding hydrogens is 472 g/mol. The van der Waals surface area contributed by atoms with Gasteiger partial charge in [0.15, 0.2) is 0 Å². The SMILES string of the molecule is O=P1([O-])OP(=O)([O-])OP(=O)([O-])OP(=O)([O-])O1.[K+].[K+].[K+].[K+]. The molecule has 0 radical (unpaired) electrons. The number of phosphoric acid groups is 4. The summed E-state index contributed by atoms with van der Waals surface area (Å²) in [5, 5.41) is 0. The van der Waals surface area contributed by atoms with E-state index in [2.05, 4.69) is 17.2 Å². The molecule has 1 heterocycles. The van der Waals surface area contributed by atoms with E-state index < -0.39 is 31.3 Å². The Morgan fingerprint density at radius 1 is 0.450 bits per heavy atom. The minimum Gasteiger partial charge on any atom is -0.756 e. The van der Waals surface area contributed by atoms with Crippen molar-refractivity contribution >= 4 is 31.3 Å². The molecule has 0 amide bonds. The van der Waals surface area contributed by atoms with E-state index in [1.807, 2.05) is 0 Å². The summed E-state index contributed by atoms with van der Waals surface area (Å²) in [5.41, 5.74) is 0. The van der Waals surface area contributed by atoms with E-state index in [1.165, 1.54) is 0 Å². The van der Waals surface area contributed by atoms with Gasteiger partial charge in [-0.25, -0.2) is 17.2 Å². The molecule has 0 atom stereocenters. The summed E-state index contributed by atoms with van der Waals surface area (Å²) in [6, 6.07) is 0. The summed E-state index contributed by atoms with van der Waals surface area (Å²) in [5.74, 6) is 0. The normalized spacial score (nSPS) is 44.2. The molecule has 0 aromatic carbocycles. The topological polar surface area (TPSA) is 197 Å². The Morgan fingerprint density at radius 2 is 0.550 bits per heavy atom. The fraction of sp³-hybridized carbons (Fsp3) is 0. The predicted octanol–water partition coefficient (Wildman–Crippen LogP) is -14.0. The Balaban J connectivity index is -0.000000320. The first-order valence-corrected chi connectivity index (χ1v) is 8.76. The van der Waals surface area contributed by atoms with E-state index in [9.17, 15) is 37.8 Å². The van der Waals surface area contributed by atoms with Gasteiger partial charge in [0, 0.05) is 0 Å². The van der Waals surface area contributed by atoms with Crippen molar-refractivity contribution in [1.82, 2.24) is 0 Å². The van der Waals surface area contributed by atoms with E-state index in [-0.39, 0.29) is 206 Å². The fourth-order valence-corrected chi connectivity index (χ4v) is 6.02. The van der Waals surface area contributed by atoms with Gasteiger partial charge in [-0.1, -0.05) is 0 Å². The summed E-state index contributed by atoms with van der Waals surface area (Å²) in [7, 11) is -23.5. The minimum atomic E-state index is -5.87. The minimum absolute atomic E-state index is 0. The van der Waals surface area contributed by atoms with Crippen molar-refractivity contribution in [2.75, 3.05) is 0 Å². The molecule has 1 aliphatic heterocycles. The molecule has 0 saturated carbocycles. The van der Waals surface area contributed by atoms with Gasteiger partial charge in [-0.2, -0.15) is 0 Å². The second-order valence-electron chi connectivity index (χ2n) is 2.12. The third-order valence-corrected chi connectivity index (χ3v) is 7.20. The number of hydrogen-bond donors (Lipinski definition) is 0. The van der Waals surface area contributed by atoms with Crippen LogP contribution in [0.3, 0.4) is 0 Å². The Labute approximate surface area is 283 Å². The molecule has 20 heteroatoms. The quantitative estimate of drug-likeness (QED) is 0.239. The average Bonchev–Trinajstić information content (AvgIpc) is 1.67. The molecule has 0 aromatic heterocycles. The molecule has 1 saturated heterocycles. The number of rotatable bonds is 0. The summed E-state index contributed by atoms with van der Waals surface area (Å²) in [4.78, 5) is 42.2. The third-order valence-electron chi connectivity index (χ3n) is 0.800. The Hall–Kier alpha value is 7.15. The molecule has 96 valence electrons. The first kappa shape index (κ1) is 34.6. The molecule has 1 aliphatic rings. The molecule has 0 aliphatic carbocycles. The second-order valence-corrected chi connectivity index (χ2v) is 8.31. The van der Waals surface area contributed by atoms with E-state index >= 15 is 0 Å². The summed E-state index contributed by atoms with van der Waals surface area (Å²) in [6.45, 7) is 0. The second kappa shape index (κ2) is 13.4. The van der Waals surface area contributed by atoms with Crippen LogP contribution in [0.5, 0.6) is 0 Å². The van der Waals surface area contributed by atoms with Crippen LogP contribution >= 0.6 is 31.3 Å². The van der Waals surface area contributed by atoms with Crippen molar-refractivity contribution in [3.8, 4) is 0 Å². The first-order chi connectivity index (χ1) is 6.83. The van der Waals surface area contributed by atoms with Gasteiger partial charge >= 0.3 is 206 Å². The van der Waals surface area contributed by atoms with Crippen LogP contribution in [-0.4, -0.2) is 0 Å². The smallest absolute Gasteiger partial charge is 0.756 e. The zero-order valence-electron chi connectivity index (χ0n) is 10.7. The molecule has 1 rings (SSSR count). The van der Waals surface area contributed by atoms with Crippen LogP contribution < -0.4 is 225 Å². The molecule has 20 heavy (non-hydrogen) atoms. The fourth-order valence-electron chi connectivity index (χ4n) is 0.550. The van der Waals surface area contributed by atoms with Gasteiger partial charge in [-0.15, -0.1) is 0 Å². The van der Waals surface area contributed by atoms with Crippen molar-refractivity contribution in [2.24, 2.45) is 0 Å². The van der Waals surface area contributed by atoms with Crippen LogP contribution in [0.1, 0.15) is 0 Å². The van der Waals surface area contributed by atoms with Crippen LogP contribution in [0.25, 0.3) is 0 Å². The average molecular weight is 472 g/mol. The van der Waals surface area contributed by atoms with E-state index in [1.54, 1.807) is 0 Å². The van der Waals surface area contributed by atoms with E-state index in [0.29, 0.717) is 0 Å². The van der Waals surface area contributed by atoms with Gasteiger partial charge in [0.1, 0.15) is 0 Å². The maximum atomic E-state index is 10.6. The molecule has 0 bridgehead atoms. The van der Waals surface area contributed by atoms with Crippen molar-refractivity contribution in [3.05, 3.63) is 0 Å². The maximum absolute atomic E-state index is 10.6. The van der Waals surface area contributed by atoms with Gasteiger partial charge in [0.25, 0.3) is 31.3 Å². The van der Waals surface area contributed by atoms with Gasteiger partial charge in [0.2, 0.25) is 0 Å². The van der Waals surface area contributed by atoms with Gasteiger partial charge in [-0.3, -0.25) is 18.3 Å². The van der Waals surface area contributed by atoms with Crippen LogP contribution in [0.4, 0.5) is 0 Å². The predicted molar refractivity (Wildman–Crippen MR) is 34.8 cm³/mol. The van der Waals surface area contributed by atoms with Crippen molar-refractivity contribution < 1.29 is 261 Å².